The summed E-state index contributed by atoms with van der Waals surface area (Å²) in [7, 11) is 0. The van der Waals surface area contributed by atoms with Gasteiger partial charge >= 0.3 is 0 Å². The highest BCUT2D eigenvalue weighted by Gasteiger charge is 2.04. The molecule has 60 valence electrons. The summed E-state index contributed by atoms with van der Waals surface area (Å²) in [5.74, 6) is -0.0222. The number of aromatic hydroxyl groups is 1. The molecular weight excluding hydrogens is 269 g/mol. The minimum atomic E-state index is -0.0222. The fourth-order valence-corrected chi connectivity index (χ4v) is 1.50. The van der Waals surface area contributed by atoms with Crippen LogP contribution in [0.5, 0.6) is 5.88 Å². The molecule has 0 aliphatic rings. The van der Waals surface area contributed by atoms with Gasteiger partial charge in [-0.15, -0.1) is 0 Å². The molecule has 0 unspecified atom stereocenters. The Balaban J connectivity index is 2.95. The number of hydrogen-bond acceptors (Lipinski definition) is 4. The van der Waals surface area contributed by atoms with Gasteiger partial charge in [0.25, 0.3) is 0 Å². The maximum atomic E-state index is 9.30. The molecule has 0 atom stereocenters. The van der Waals surface area contributed by atoms with Crippen LogP contribution in [-0.2, 0) is 0 Å². The van der Waals surface area contributed by atoms with Crippen molar-refractivity contribution in [2.75, 3.05) is 0 Å². The summed E-state index contributed by atoms with van der Waals surface area (Å²) < 4.78 is 0.905. The number of aromatic nitrogens is 3. The van der Waals surface area contributed by atoms with Crippen molar-refractivity contribution in [2.45, 2.75) is 0 Å². The van der Waals surface area contributed by atoms with Crippen molar-refractivity contribution in [3.8, 4) is 5.88 Å². The van der Waals surface area contributed by atoms with E-state index in [4.69, 9.17) is 0 Å². The van der Waals surface area contributed by atoms with Crippen LogP contribution in [0.15, 0.2) is 18.7 Å². The SMILES string of the molecule is Oc1ncc(I)c2ncncc12. The number of rotatable bonds is 0. The molecule has 0 aliphatic heterocycles. The zero-order valence-electron chi connectivity index (χ0n) is 5.90. The van der Waals surface area contributed by atoms with Gasteiger partial charge in [0.2, 0.25) is 5.88 Å². The van der Waals surface area contributed by atoms with Crippen molar-refractivity contribution >= 4 is 33.5 Å². The van der Waals surface area contributed by atoms with Crippen molar-refractivity contribution < 1.29 is 5.11 Å². The Morgan fingerprint density at radius 2 is 2.08 bits per heavy atom. The lowest BCUT2D eigenvalue weighted by atomic mass is 10.3. The normalized spacial score (nSPS) is 10.4. The van der Waals surface area contributed by atoms with E-state index in [1.165, 1.54) is 6.33 Å². The molecule has 2 aromatic rings. The molecule has 0 spiro atoms. The Bertz CT molecular complexity index is 391. The van der Waals surface area contributed by atoms with Crippen molar-refractivity contribution in [3.63, 3.8) is 0 Å². The zero-order valence-corrected chi connectivity index (χ0v) is 8.06. The second-order valence-electron chi connectivity index (χ2n) is 2.21. The highest BCUT2D eigenvalue weighted by atomic mass is 127. The van der Waals surface area contributed by atoms with Crippen LogP contribution in [0.25, 0.3) is 10.9 Å². The van der Waals surface area contributed by atoms with Gasteiger partial charge in [0.1, 0.15) is 6.33 Å². The second kappa shape index (κ2) is 2.81. The number of halogens is 1. The molecule has 0 aromatic carbocycles. The smallest absolute Gasteiger partial charge is 0.222 e. The monoisotopic (exact) mass is 273 g/mol. The van der Waals surface area contributed by atoms with Gasteiger partial charge in [-0.1, -0.05) is 0 Å². The summed E-state index contributed by atoms with van der Waals surface area (Å²) in [5, 5.41) is 9.89. The molecule has 0 aliphatic carbocycles. The van der Waals surface area contributed by atoms with Crippen molar-refractivity contribution in [1.82, 2.24) is 15.0 Å². The van der Waals surface area contributed by atoms with Crippen LogP contribution in [-0.4, -0.2) is 20.1 Å². The summed E-state index contributed by atoms with van der Waals surface area (Å²) in [6.45, 7) is 0. The summed E-state index contributed by atoms with van der Waals surface area (Å²) in [6.07, 6.45) is 4.57. The Morgan fingerprint density at radius 3 is 2.83 bits per heavy atom. The highest BCUT2D eigenvalue weighted by Crippen LogP contribution is 2.22. The number of fused-ring (bicyclic) bond motifs is 1. The topological polar surface area (TPSA) is 58.9 Å². The predicted molar refractivity (Wildman–Crippen MR) is 51.7 cm³/mol. The first kappa shape index (κ1) is 7.66. The summed E-state index contributed by atoms with van der Waals surface area (Å²) in [4.78, 5) is 11.6. The van der Waals surface area contributed by atoms with E-state index < -0.39 is 0 Å². The summed E-state index contributed by atoms with van der Waals surface area (Å²) >= 11 is 2.11. The Hall–Kier alpha value is -0.980. The molecule has 2 rings (SSSR count). The molecule has 0 bridgehead atoms. The maximum Gasteiger partial charge on any atom is 0.222 e. The van der Waals surface area contributed by atoms with Crippen molar-refractivity contribution in [3.05, 3.63) is 22.3 Å². The lowest BCUT2D eigenvalue weighted by Gasteiger charge is -1.98. The molecule has 2 heterocycles. The fraction of sp³-hybridized carbons (Fsp3) is 0. The van der Waals surface area contributed by atoms with Gasteiger partial charge in [0, 0.05) is 12.4 Å². The van der Waals surface area contributed by atoms with Gasteiger partial charge in [0.15, 0.2) is 0 Å². The first-order chi connectivity index (χ1) is 5.79. The zero-order chi connectivity index (χ0) is 8.55. The van der Waals surface area contributed by atoms with Gasteiger partial charge in [0.05, 0.1) is 14.5 Å². The molecule has 4 nitrogen and oxygen atoms in total. The molecule has 2 aromatic heterocycles. The van der Waals surface area contributed by atoms with E-state index in [1.54, 1.807) is 12.4 Å². The van der Waals surface area contributed by atoms with E-state index >= 15 is 0 Å². The Labute approximate surface area is 81.8 Å². The molecular formula is C7H4IN3O. The van der Waals surface area contributed by atoms with E-state index in [9.17, 15) is 5.11 Å². The van der Waals surface area contributed by atoms with E-state index in [0.717, 1.165) is 9.09 Å². The van der Waals surface area contributed by atoms with Gasteiger partial charge < -0.3 is 5.11 Å². The van der Waals surface area contributed by atoms with E-state index in [2.05, 4.69) is 37.5 Å². The van der Waals surface area contributed by atoms with E-state index in [0.29, 0.717) is 5.39 Å². The van der Waals surface area contributed by atoms with Gasteiger partial charge in [-0.05, 0) is 22.6 Å². The van der Waals surface area contributed by atoms with Crippen LogP contribution in [0.1, 0.15) is 0 Å². The Kier molecular flexibility index (Phi) is 1.80. The van der Waals surface area contributed by atoms with Gasteiger partial charge in [-0.25, -0.2) is 15.0 Å². The third-order valence-electron chi connectivity index (χ3n) is 1.48. The largest absolute Gasteiger partial charge is 0.493 e. The second-order valence-corrected chi connectivity index (χ2v) is 3.38. The van der Waals surface area contributed by atoms with Crippen LogP contribution >= 0.6 is 22.6 Å². The molecule has 0 saturated carbocycles. The molecule has 0 amide bonds. The summed E-state index contributed by atoms with van der Waals surface area (Å²) in [6, 6.07) is 0. The molecule has 0 radical (unpaired) electrons. The van der Waals surface area contributed by atoms with Crippen LogP contribution in [0.2, 0.25) is 0 Å². The third kappa shape index (κ3) is 1.09. The van der Waals surface area contributed by atoms with Gasteiger partial charge in [-0.2, -0.15) is 0 Å². The van der Waals surface area contributed by atoms with Crippen LogP contribution in [0.3, 0.4) is 0 Å². The molecule has 5 heteroatoms. The predicted octanol–water partition coefficient (Wildman–Crippen LogP) is 1.33. The van der Waals surface area contributed by atoms with Crippen LogP contribution in [0.4, 0.5) is 0 Å². The number of hydrogen-bond donors (Lipinski definition) is 1. The van der Waals surface area contributed by atoms with E-state index in [1.807, 2.05) is 0 Å². The minimum absolute atomic E-state index is 0.0222. The van der Waals surface area contributed by atoms with Gasteiger partial charge in [-0.3, -0.25) is 0 Å². The first-order valence-electron chi connectivity index (χ1n) is 3.22. The number of nitrogens with zero attached hydrogens (tertiary/aromatic N) is 3. The van der Waals surface area contributed by atoms with Crippen molar-refractivity contribution in [2.24, 2.45) is 0 Å². The van der Waals surface area contributed by atoms with Crippen molar-refractivity contribution in [1.29, 1.82) is 0 Å². The average molecular weight is 273 g/mol. The quantitative estimate of drug-likeness (QED) is 0.736. The lowest BCUT2D eigenvalue weighted by molar-refractivity contribution is 0.460. The number of pyridine rings is 1. The lowest BCUT2D eigenvalue weighted by Crippen LogP contribution is -1.87. The third-order valence-corrected chi connectivity index (χ3v) is 2.27. The maximum absolute atomic E-state index is 9.30. The average Bonchev–Trinajstić information content (AvgIpc) is 2.12. The minimum Gasteiger partial charge on any atom is -0.493 e. The summed E-state index contributed by atoms with van der Waals surface area (Å²) in [5.41, 5.74) is 0.734. The molecule has 12 heavy (non-hydrogen) atoms. The highest BCUT2D eigenvalue weighted by molar-refractivity contribution is 14.1. The van der Waals surface area contributed by atoms with Crippen LogP contribution < -0.4 is 0 Å². The fourth-order valence-electron chi connectivity index (χ4n) is 0.932. The molecule has 0 saturated heterocycles. The molecule has 0 fully saturated rings. The standard InChI is InChI=1S/C7H4IN3O/c8-5-2-10-7(12)4-1-9-3-11-6(4)5/h1-3H,(H,10,12). The van der Waals surface area contributed by atoms with Crippen LogP contribution in [0, 0.1) is 3.57 Å². The van der Waals surface area contributed by atoms with E-state index in [-0.39, 0.29) is 5.88 Å². The Morgan fingerprint density at radius 1 is 1.25 bits per heavy atom. The molecule has 1 N–H and O–H groups in total. The first-order valence-corrected chi connectivity index (χ1v) is 4.30.